The van der Waals surface area contributed by atoms with Gasteiger partial charge in [0.1, 0.15) is 5.75 Å². The number of nitrogens with zero attached hydrogens (tertiary/aromatic N) is 1. The second kappa shape index (κ2) is 8.05. The lowest BCUT2D eigenvalue weighted by Gasteiger charge is -2.28. The predicted octanol–water partition coefficient (Wildman–Crippen LogP) is 2.95. The summed E-state index contributed by atoms with van der Waals surface area (Å²) in [6.07, 6.45) is 0.489. The van der Waals surface area contributed by atoms with Crippen molar-refractivity contribution in [2.24, 2.45) is 0 Å². The third-order valence-electron chi connectivity index (χ3n) is 4.03. The Hall–Kier alpha value is -1.13. The maximum absolute atomic E-state index is 12.7. The number of thiophene rings is 1. The molecule has 0 spiro atoms. The van der Waals surface area contributed by atoms with Gasteiger partial charge < -0.3 is 9.64 Å². The first-order valence-corrected chi connectivity index (χ1v) is 11.6. The fourth-order valence-corrected chi connectivity index (χ4v) is 5.75. The van der Waals surface area contributed by atoms with Crippen LogP contribution >= 0.6 is 33.9 Å². The van der Waals surface area contributed by atoms with Crippen LogP contribution in [0.3, 0.4) is 0 Å². The molecule has 1 aliphatic heterocycles. The van der Waals surface area contributed by atoms with E-state index in [0.717, 1.165) is 8.45 Å². The minimum absolute atomic E-state index is 0.0351. The highest BCUT2D eigenvalue weighted by molar-refractivity contribution is 14.1. The Balaban J connectivity index is 1.70. The van der Waals surface area contributed by atoms with E-state index in [-0.39, 0.29) is 30.1 Å². The summed E-state index contributed by atoms with van der Waals surface area (Å²) in [5, 5.41) is 1.95. The Morgan fingerprint density at radius 1 is 1.32 bits per heavy atom. The van der Waals surface area contributed by atoms with Gasteiger partial charge in [-0.2, -0.15) is 0 Å². The van der Waals surface area contributed by atoms with E-state index >= 15 is 0 Å². The standard InChI is InChI=1S/C17H18INO4S2/c18-13-3-1-4-15(9-13)23-11-17(20)19(10-16-5-2-7-24-16)14-6-8-25(21,22)12-14/h1-5,7,9,14H,6,8,10-12H2. The molecule has 1 unspecified atom stereocenters. The average Bonchev–Trinajstić information content (AvgIpc) is 3.19. The number of ether oxygens (including phenoxy) is 1. The van der Waals surface area contributed by atoms with Crippen molar-refractivity contribution >= 4 is 49.7 Å². The molecular formula is C17H18INO4S2. The summed E-state index contributed by atoms with van der Waals surface area (Å²) in [6, 6.07) is 11.1. The van der Waals surface area contributed by atoms with Gasteiger partial charge in [0.05, 0.1) is 18.1 Å². The topological polar surface area (TPSA) is 63.7 Å². The number of carbonyl (C=O) groups excluding carboxylic acids is 1. The minimum Gasteiger partial charge on any atom is -0.484 e. The summed E-state index contributed by atoms with van der Waals surface area (Å²) in [4.78, 5) is 15.4. The Labute approximate surface area is 165 Å². The summed E-state index contributed by atoms with van der Waals surface area (Å²) < 4.78 is 30.3. The van der Waals surface area contributed by atoms with E-state index in [9.17, 15) is 13.2 Å². The van der Waals surface area contributed by atoms with Gasteiger partial charge in [0, 0.05) is 14.5 Å². The zero-order valence-corrected chi connectivity index (χ0v) is 17.2. The molecule has 2 heterocycles. The van der Waals surface area contributed by atoms with Crippen LogP contribution in [0.1, 0.15) is 11.3 Å². The number of sulfone groups is 1. The van der Waals surface area contributed by atoms with Crippen LogP contribution in [-0.2, 0) is 21.2 Å². The van der Waals surface area contributed by atoms with Crippen molar-refractivity contribution in [3.8, 4) is 5.75 Å². The number of amides is 1. The summed E-state index contributed by atoms with van der Waals surface area (Å²) in [5.41, 5.74) is 0. The number of carbonyl (C=O) groups is 1. The van der Waals surface area contributed by atoms with E-state index in [1.807, 2.05) is 35.7 Å². The fraction of sp³-hybridized carbons (Fsp3) is 0.353. The summed E-state index contributed by atoms with van der Waals surface area (Å²) >= 11 is 3.74. The van der Waals surface area contributed by atoms with Crippen LogP contribution in [0.4, 0.5) is 0 Å². The molecule has 0 N–H and O–H groups in total. The molecule has 3 rings (SSSR count). The van der Waals surface area contributed by atoms with Gasteiger partial charge in [-0.15, -0.1) is 11.3 Å². The average molecular weight is 491 g/mol. The Morgan fingerprint density at radius 3 is 2.80 bits per heavy atom. The van der Waals surface area contributed by atoms with Crippen LogP contribution in [0.15, 0.2) is 41.8 Å². The van der Waals surface area contributed by atoms with E-state index in [4.69, 9.17) is 4.74 Å². The molecule has 1 saturated heterocycles. The second-order valence-corrected chi connectivity index (χ2v) is 10.4. The number of rotatable bonds is 6. The Bertz CT molecular complexity index is 836. The second-order valence-electron chi connectivity index (χ2n) is 5.90. The van der Waals surface area contributed by atoms with Crippen LogP contribution in [0.5, 0.6) is 5.75 Å². The molecule has 0 bridgehead atoms. The zero-order chi connectivity index (χ0) is 17.9. The Kier molecular flexibility index (Phi) is 6.00. The predicted molar refractivity (Wildman–Crippen MR) is 107 cm³/mol. The Morgan fingerprint density at radius 2 is 2.16 bits per heavy atom. The highest BCUT2D eigenvalue weighted by Crippen LogP contribution is 2.22. The van der Waals surface area contributed by atoms with Crippen LogP contribution in [0.2, 0.25) is 0 Å². The van der Waals surface area contributed by atoms with Gasteiger partial charge in [-0.3, -0.25) is 4.79 Å². The molecule has 1 atom stereocenters. The molecule has 1 fully saturated rings. The largest absolute Gasteiger partial charge is 0.484 e. The molecule has 2 aromatic rings. The highest BCUT2D eigenvalue weighted by Gasteiger charge is 2.34. The molecule has 1 aromatic carbocycles. The van der Waals surface area contributed by atoms with E-state index in [1.54, 1.807) is 22.3 Å². The third kappa shape index (κ3) is 5.18. The van der Waals surface area contributed by atoms with Crippen LogP contribution < -0.4 is 4.74 Å². The smallest absolute Gasteiger partial charge is 0.261 e. The van der Waals surface area contributed by atoms with Crippen LogP contribution in [0, 0.1) is 3.57 Å². The maximum atomic E-state index is 12.7. The minimum atomic E-state index is -3.06. The molecule has 134 valence electrons. The van der Waals surface area contributed by atoms with Crippen molar-refractivity contribution in [2.45, 2.75) is 19.0 Å². The van der Waals surface area contributed by atoms with Gasteiger partial charge in [-0.25, -0.2) is 8.42 Å². The van der Waals surface area contributed by atoms with Crippen molar-refractivity contribution in [2.75, 3.05) is 18.1 Å². The summed E-state index contributed by atoms with van der Waals surface area (Å²) in [6.45, 7) is 0.328. The van der Waals surface area contributed by atoms with Crippen molar-refractivity contribution < 1.29 is 17.9 Å². The molecule has 0 saturated carbocycles. The molecule has 25 heavy (non-hydrogen) atoms. The SMILES string of the molecule is O=C(COc1cccc(I)c1)N(Cc1cccs1)C1CCS(=O)(=O)C1. The summed E-state index contributed by atoms with van der Waals surface area (Å²) in [7, 11) is -3.06. The van der Waals surface area contributed by atoms with Crippen LogP contribution in [-0.4, -0.2) is 43.4 Å². The van der Waals surface area contributed by atoms with E-state index in [2.05, 4.69) is 22.6 Å². The summed E-state index contributed by atoms with van der Waals surface area (Å²) in [5.74, 6) is 0.626. The lowest BCUT2D eigenvalue weighted by molar-refractivity contribution is -0.135. The first-order valence-electron chi connectivity index (χ1n) is 7.83. The monoisotopic (exact) mass is 491 g/mol. The van der Waals surface area contributed by atoms with Gasteiger partial charge in [0.15, 0.2) is 16.4 Å². The number of hydrogen-bond donors (Lipinski definition) is 0. The van der Waals surface area contributed by atoms with Crippen molar-refractivity contribution in [1.29, 1.82) is 0 Å². The lowest BCUT2D eigenvalue weighted by atomic mass is 10.2. The van der Waals surface area contributed by atoms with Gasteiger partial charge in [0.25, 0.3) is 5.91 Å². The van der Waals surface area contributed by atoms with E-state index in [1.165, 1.54) is 0 Å². The third-order valence-corrected chi connectivity index (χ3v) is 7.32. The van der Waals surface area contributed by atoms with Crippen molar-refractivity contribution in [1.82, 2.24) is 4.90 Å². The van der Waals surface area contributed by atoms with Gasteiger partial charge in [0.2, 0.25) is 0 Å². The molecule has 0 aliphatic carbocycles. The van der Waals surface area contributed by atoms with Gasteiger partial charge in [-0.1, -0.05) is 12.1 Å². The fourth-order valence-electron chi connectivity index (χ4n) is 2.80. The quantitative estimate of drug-likeness (QED) is 0.584. The van der Waals surface area contributed by atoms with Gasteiger partial charge in [-0.05, 0) is 58.7 Å². The molecule has 8 heteroatoms. The molecule has 1 aliphatic rings. The first-order chi connectivity index (χ1) is 11.9. The number of hydrogen-bond acceptors (Lipinski definition) is 5. The van der Waals surface area contributed by atoms with E-state index in [0.29, 0.717) is 18.7 Å². The van der Waals surface area contributed by atoms with E-state index < -0.39 is 9.84 Å². The number of halogens is 1. The zero-order valence-electron chi connectivity index (χ0n) is 13.4. The first kappa shape index (κ1) is 18.7. The van der Waals surface area contributed by atoms with Crippen molar-refractivity contribution in [3.63, 3.8) is 0 Å². The molecular weight excluding hydrogens is 473 g/mol. The lowest BCUT2D eigenvalue weighted by Crippen LogP contribution is -2.42. The highest BCUT2D eigenvalue weighted by atomic mass is 127. The molecule has 1 aromatic heterocycles. The van der Waals surface area contributed by atoms with Gasteiger partial charge >= 0.3 is 0 Å². The molecule has 0 radical (unpaired) electrons. The van der Waals surface area contributed by atoms with Crippen LogP contribution in [0.25, 0.3) is 0 Å². The van der Waals surface area contributed by atoms with Crippen molar-refractivity contribution in [3.05, 3.63) is 50.2 Å². The molecule has 1 amide bonds. The normalized spacial score (nSPS) is 18.8. The number of benzene rings is 1. The maximum Gasteiger partial charge on any atom is 0.261 e. The molecule has 5 nitrogen and oxygen atoms in total.